The zero-order valence-corrected chi connectivity index (χ0v) is 16.7. The first kappa shape index (κ1) is 20.4. The van der Waals surface area contributed by atoms with Crippen molar-refractivity contribution >= 4 is 34.4 Å². The van der Waals surface area contributed by atoms with Crippen LogP contribution in [0.2, 0.25) is 5.02 Å². The van der Waals surface area contributed by atoms with Gasteiger partial charge < -0.3 is 15.2 Å². The minimum Gasteiger partial charge on any atom is -0.345 e. The first-order valence-electron chi connectivity index (χ1n) is 9.26. The van der Waals surface area contributed by atoms with E-state index < -0.39 is 24.2 Å². The van der Waals surface area contributed by atoms with E-state index in [1.165, 1.54) is 6.20 Å². The van der Waals surface area contributed by atoms with Crippen LogP contribution in [-0.2, 0) is 4.79 Å². The lowest BCUT2D eigenvalue weighted by Gasteiger charge is -2.35. The van der Waals surface area contributed by atoms with E-state index in [0.29, 0.717) is 47.3 Å². The Labute approximate surface area is 174 Å². The number of halogens is 4. The molecule has 30 heavy (non-hydrogen) atoms. The molecule has 2 N–H and O–H groups in total. The predicted octanol–water partition coefficient (Wildman–Crippen LogP) is 3.71. The largest absolute Gasteiger partial charge is 0.405 e. The molecular weight excluding hydrogens is 421 g/mol. The molecule has 3 aromatic heterocycles. The first-order valence-corrected chi connectivity index (χ1v) is 9.64. The molecule has 0 radical (unpaired) electrons. The minimum absolute atomic E-state index is 0.396. The molecule has 1 saturated heterocycles. The van der Waals surface area contributed by atoms with Gasteiger partial charge in [0.15, 0.2) is 5.82 Å². The maximum Gasteiger partial charge on any atom is 0.405 e. The highest BCUT2D eigenvalue weighted by molar-refractivity contribution is 6.31. The van der Waals surface area contributed by atoms with E-state index >= 15 is 0 Å². The molecule has 4 rings (SSSR count). The lowest BCUT2D eigenvalue weighted by atomic mass is 9.97. The quantitative estimate of drug-likeness (QED) is 0.648. The Bertz CT molecular complexity index is 1100. The van der Waals surface area contributed by atoms with Gasteiger partial charge in [0.25, 0.3) is 0 Å². The van der Waals surface area contributed by atoms with E-state index in [2.05, 4.69) is 19.9 Å². The summed E-state index contributed by atoms with van der Waals surface area (Å²) in [6, 6.07) is 3.39. The van der Waals surface area contributed by atoms with Crippen LogP contribution in [0.15, 0.2) is 30.7 Å². The molecule has 0 saturated carbocycles. The number of nitrogens with one attached hydrogen (secondary N) is 2. The fourth-order valence-electron chi connectivity index (χ4n) is 3.73. The average Bonchev–Trinajstić information content (AvgIpc) is 3.29. The number of carbonyl (C=O) groups excluding carboxylic acids is 1. The van der Waals surface area contributed by atoms with Crippen molar-refractivity contribution in [2.75, 3.05) is 18.0 Å². The molecule has 0 aliphatic carbocycles. The molecule has 0 aromatic carbocycles. The molecule has 1 aliphatic heterocycles. The molecule has 1 atom stereocenters. The fourth-order valence-corrected chi connectivity index (χ4v) is 3.89. The second-order valence-corrected chi connectivity index (χ2v) is 7.75. The number of aromatic nitrogens is 4. The second kappa shape index (κ2) is 7.42. The summed E-state index contributed by atoms with van der Waals surface area (Å²) < 4.78 is 37.6. The van der Waals surface area contributed by atoms with Crippen molar-refractivity contribution in [1.82, 2.24) is 25.3 Å². The van der Waals surface area contributed by atoms with Crippen molar-refractivity contribution in [3.05, 3.63) is 35.7 Å². The van der Waals surface area contributed by atoms with Crippen LogP contribution in [0.4, 0.5) is 19.0 Å². The Morgan fingerprint density at radius 2 is 2.20 bits per heavy atom. The van der Waals surface area contributed by atoms with Crippen molar-refractivity contribution < 1.29 is 18.0 Å². The van der Waals surface area contributed by atoms with Crippen LogP contribution in [0, 0.1) is 0 Å². The number of aromatic amines is 1. The third kappa shape index (κ3) is 3.79. The SMILES string of the molecule is C[C@]1(C(=O)NCC(F)(F)F)CCCN1c1ccnc(-c2c[nH]c3ncc(Cl)cc23)n1. The molecule has 11 heteroatoms. The van der Waals surface area contributed by atoms with Crippen LogP contribution in [0.25, 0.3) is 22.4 Å². The Kier molecular flexibility index (Phi) is 5.05. The molecule has 0 bridgehead atoms. The number of amides is 1. The van der Waals surface area contributed by atoms with Gasteiger partial charge in [0.2, 0.25) is 5.91 Å². The van der Waals surface area contributed by atoms with Crippen LogP contribution in [0.5, 0.6) is 0 Å². The number of alkyl halides is 3. The summed E-state index contributed by atoms with van der Waals surface area (Å²) >= 11 is 6.05. The van der Waals surface area contributed by atoms with Crippen LogP contribution in [-0.4, -0.2) is 50.6 Å². The molecule has 3 aromatic rings. The third-order valence-electron chi connectivity index (χ3n) is 5.24. The summed E-state index contributed by atoms with van der Waals surface area (Å²) in [4.78, 5) is 30.5. The number of fused-ring (bicyclic) bond motifs is 1. The monoisotopic (exact) mass is 438 g/mol. The molecular formula is C19H18ClF3N6O. The van der Waals surface area contributed by atoms with Crippen LogP contribution in [0.1, 0.15) is 19.8 Å². The summed E-state index contributed by atoms with van der Waals surface area (Å²) in [5, 5.41) is 3.21. The third-order valence-corrected chi connectivity index (χ3v) is 5.44. The highest BCUT2D eigenvalue weighted by Crippen LogP contribution is 2.35. The number of nitrogens with zero attached hydrogens (tertiary/aromatic N) is 4. The molecule has 158 valence electrons. The van der Waals surface area contributed by atoms with Gasteiger partial charge in [0.1, 0.15) is 23.5 Å². The summed E-state index contributed by atoms with van der Waals surface area (Å²) in [6.07, 6.45) is 1.40. The van der Waals surface area contributed by atoms with E-state index in [1.807, 2.05) is 5.32 Å². The van der Waals surface area contributed by atoms with Gasteiger partial charge in [-0.1, -0.05) is 11.6 Å². The zero-order valence-electron chi connectivity index (χ0n) is 15.9. The topological polar surface area (TPSA) is 86.8 Å². The Balaban J connectivity index is 1.66. The van der Waals surface area contributed by atoms with Gasteiger partial charge in [-0.25, -0.2) is 15.0 Å². The molecule has 4 heterocycles. The number of anilines is 1. The Morgan fingerprint density at radius 1 is 1.40 bits per heavy atom. The zero-order chi connectivity index (χ0) is 21.5. The molecule has 0 spiro atoms. The van der Waals surface area contributed by atoms with Crippen molar-refractivity contribution in [2.45, 2.75) is 31.5 Å². The standard InChI is InChI=1S/C19H18ClF3N6O/c1-18(17(30)27-10-19(21,22)23)4-2-6-29(18)14-3-5-24-16(28-14)13-9-26-15-12(13)7-11(20)8-25-15/h3,5,7-9H,2,4,6,10H2,1H3,(H,25,26)(H,27,30)/t18-/m1/s1. The van der Waals surface area contributed by atoms with E-state index in [9.17, 15) is 18.0 Å². The van der Waals surface area contributed by atoms with Crippen molar-refractivity contribution in [3.63, 3.8) is 0 Å². The van der Waals surface area contributed by atoms with E-state index in [1.54, 1.807) is 36.4 Å². The van der Waals surface area contributed by atoms with Crippen LogP contribution >= 0.6 is 11.6 Å². The number of carbonyl (C=O) groups is 1. The fraction of sp³-hybridized carbons (Fsp3) is 0.368. The number of H-pyrrole nitrogens is 1. The lowest BCUT2D eigenvalue weighted by Crippen LogP contribution is -2.55. The Morgan fingerprint density at radius 3 is 2.97 bits per heavy atom. The highest BCUT2D eigenvalue weighted by Gasteiger charge is 2.45. The van der Waals surface area contributed by atoms with Crippen molar-refractivity contribution in [3.8, 4) is 11.4 Å². The lowest BCUT2D eigenvalue weighted by molar-refractivity contribution is -0.141. The normalized spacial score (nSPS) is 19.4. The van der Waals surface area contributed by atoms with Gasteiger partial charge in [-0.2, -0.15) is 13.2 Å². The molecule has 7 nitrogen and oxygen atoms in total. The van der Waals surface area contributed by atoms with Gasteiger partial charge in [-0.3, -0.25) is 4.79 Å². The number of hydrogen-bond donors (Lipinski definition) is 2. The van der Waals surface area contributed by atoms with Gasteiger partial charge in [-0.15, -0.1) is 0 Å². The summed E-state index contributed by atoms with van der Waals surface area (Å²) in [7, 11) is 0. The summed E-state index contributed by atoms with van der Waals surface area (Å²) in [5.74, 6) is 0.180. The second-order valence-electron chi connectivity index (χ2n) is 7.32. The van der Waals surface area contributed by atoms with E-state index in [4.69, 9.17) is 11.6 Å². The van der Waals surface area contributed by atoms with E-state index in [0.717, 1.165) is 5.39 Å². The molecule has 1 amide bonds. The predicted molar refractivity (Wildman–Crippen MR) is 106 cm³/mol. The molecule has 0 unspecified atom stereocenters. The van der Waals surface area contributed by atoms with Crippen LogP contribution < -0.4 is 10.2 Å². The molecule has 1 fully saturated rings. The van der Waals surface area contributed by atoms with Crippen molar-refractivity contribution in [1.29, 1.82) is 0 Å². The molecule has 1 aliphatic rings. The van der Waals surface area contributed by atoms with Gasteiger partial charge >= 0.3 is 6.18 Å². The van der Waals surface area contributed by atoms with E-state index in [-0.39, 0.29) is 0 Å². The summed E-state index contributed by atoms with van der Waals surface area (Å²) in [6.45, 7) is 0.754. The van der Waals surface area contributed by atoms with Gasteiger partial charge in [-0.05, 0) is 31.9 Å². The maximum atomic E-state index is 12.6. The highest BCUT2D eigenvalue weighted by atomic mass is 35.5. The number of hydrogen-bond acceptors (Lipinski definition) is 5. The number of pyridine rings is 1. The van der Waals surface area contributed by atoms with Crippen LogP contribution in [0.3, 0.4) is 0 Å². The maximum absolute atomic E-state index is 12.6. The first-order chi connectivity index (χ1) is 14.2. The summed E-state index contributed by atoms with van der Waals surface area (Å²) in [5.41, 5.74) is 0.173. The van der Waals surface area contributed by atoms with Gasteiger partial charge in [0.05, 0.1) is 5.02 Å². The van der Waals surface area contributed by atoms with Gasteiger partial charge in [0, 0.05) is 36.1 Å². The smallest absolute Gasteiger partial charge is 0.345 e. The Hall–Kier alpha value is -2.88. The van der Waals surface area contributed by atoms with Crippen molar-refractivity contribution in [2.24, 2.45) is 0 Å². The minimum atomic E-state index is -4.47. The average molecular weight is 439 g/mol. The number of rotatable bonds is 4.